The Morgan fingerprint density at radius 3 is 2.94 bits per heavy atom. The minimum atomic E-state index is -0.0705. The molecule has 0 radical (unpaired) electrons. The van der Waals surface area contributed by atoms with Crippen LogP contribution in [0.15, 0.2) is 37.1 Å². The van der Waals surface area contributed by atoms with Gasteiger partial charge in [0.05, 0.1) is 12.5 Å². The Morgan fingerprint density at radius 2 is 2.15 bits per heavy atom. The molecule has 184 valence electrons. The predicted octanol–water partition coefficient (Wildman–Crippen LogP) is 5.32. The van der Waals surface area contributed by atoms with Crippen molar-refractivity contribution in [3.8, 4) is 0 Å². The topological polar surface area (TPSA) is 43.7 Å². The summed E-state index contributed by atoms with van der Waals surface area (Å²) in [6, 6.07) is 7.18. The molecular formula is C29H40N2O3. The molecule has 1 aliphatic carbocycles. The van der Waals surface area contributed by atoms with E-state index in [0.29, 0.717) is 18.6 Å². The van der Waals surface area contributed by atoms with Crippen LogP contribution in [0.4, 0.5) is 0 Å². The predicted molar refractivity (Wildman–Crippen MR) is 136 cm³/mol. The number of esters is 1. The van der Waals surface area contributed by atoms with E-state index >= 15 is 0 Å². The number of likely N-dealkylation sites (tertiary alicyclic amines) is 1. The van der Waals surface area contributed by atoms with Gasteiger partial charge in [0.15, 0.2) is 0 Å². The summed E-state index contributed by atoms with van der Waals surface area (Å²) >= 11 is 0. The lowest BCUT2D eigenvalue weighted by Crippen LogP contribution is -2.51. The van der Waals surface area contributed by atoms with Crippen molar-refractivity contribution in [2.75, 3.05) is 32.9 Å². The van der Waals surface area contributed by atoms with Gasteiger partial charge in [-0.3, -0.25) is 9.69 Å². The average molecular weight is 465 g/mol. The Morgan fingerprint density at radius 1 is 1.29 bits per heavy atom. The van der Waals surface area contributed by atoms with E-state index in [1.807, 2.05) is 6.08 Å². The lowest BCUT2D eigenvalue weighted by molar-refractivity contribution is -0.151. The fourth-order valence-electron chi connectivity index (χ4n) is 6.64. The highest BCUT2D eigenvalue weighted by Gasteiger charge is 2.43. The van der Waals surface area contributed by atoms with Crippen LogP contribution in [-0.4, -0.2) is 54.4 Å². The molecule has 5 heteroatoms. The molecule has 5 nitrogen and oxygen atoms in total. The minimum Gasteiger partial charge on any atom is -0.465 e. The zero-order valence-corrected chi connectivity index (χ0v) is 20.7. The fraction of sp³-hybridized carbons (Fsp3) is 0.621. The molecule has 0 saturated carbocycles. The number of fused-ring (bicyclic) bond motifs is 2. The van der Waals surface area contributed by atoms with Crippen molar-refractivity contribution in [2.24, 2.45) is 11.8 Å². The third kappa shape index (κ3) is 4.70. The van der Waals surface area contributed by atoms with Crippen LogP contribution in [0.25, 0.3) is 10.9 Å². The molecule has 3 aliphatic rings. The standard InChI is InChI=1S/C29H40N2O3/c1-3-12-30-19-22-18-27-25(24-8-5-9-26(30)28(22)24)17-23(20-31(27)13-4-2)29(32)34-14-6-7-21-10-15-33-16-11-21/h4-5,8-9,19,21,23,25,27H,2-3,6-7,10-18,20H2,1H3/t23?,25-,27-/m1/s1. The molecule has 3 atom stereocenters. The monoisotopic (exact) mass is 464 g/mol. The van der Waals surface area contributed by atoms with Gasteiger partial charge in [0.2, 0.25) is 0 Å². The normalized spacial score (nSPS) is 25.3. The highest BCUT2D eigenvalue weighted by atomic mass is 16.5. The first kappa shape index (κ1) is 23.6. The number of piperidine rings is 1. The van der Waals surface area contributed by atoms with Gasteiger partial charge in [-0.05, 0) is 68.1 Å². The summed E-state index contributed by atoms with van der Waals surface area (Å²) in [4.78, 5) is 15.6. The first-order chi connectivity index (χ1) is 16.7. The maximum atomic E-state index is 13.2. The summed E-state index contributed by atoms with van der Waals surface area (Å²) in [6.07, 6.45) is 11.8. The van der Waals surface area contributed by atoms with Crippen LogP contribution in [0.1, 0.15) is 62.5 Å². The van der Waals surface area contributed by atoms with E-state index in [-0.39, 0.29) is 11.9 Å². The summed E-state index contributed by atoms with van der Waals surface area (Å²) in [7, 11) is 0. The maximum absolute atomic E-state index is 13.2. The molecule has 3 heterocycles. The van der Waals surface area contributed by atoms with Crippen LogP contribution in [-0.2, 0) is 27.2 Å². The first-order valence-electron chi connectivity index (χ1n) is 13.4. The van der Waals surface area contributed by atoms with E-state index in [9.17, 15) is 4.79 Å². The van der Waals surface area contributed by atoms with E-state index in [4.69, 9.17) is 9.47 Å². The van der Waals surface area contributed by atoms with Crippen LogP contribution in [0, 0.1) is 11.8 Å². The SMILES string of the molecule is C=CCN1CC(C(=O)OCCCC2CCOCC2)C[C@@H]2c3cccc4c3c(cn4CCC)C[C@H]21. The lowest BCUT2D eigenvalue weighted by atomic mass is 9.72. The molecule has 1 unspecified atom stereocenters. The zero-order valence-electron chi connectivity index (χ0n) is 20.7. The molecule has 34 heavy (non-hydrogen) atoms. The Balaban J connectivity index is 1.29. The van der Waals surface area contributed by atoms with E-state index in [2.05, 4.69) is 47.4 Å². The van der Waals surface area contributed by atoms with Crippen LogP contribution in [0.2, 0.25) is 0 Å². The van der Waals surface area contributed by atoms with Crippen molar-refractivity contribution in [3.63, 3.8) is 0 Å². The first-order valence-corrected chi connectivity index (χ1v) is 13.4. The van der Waals surface area contributed by atoms with Gasteiger partial charge in [0.25, 0.3) is 0 Å². The number of nitrogens with zero attached hydrogens (tertiary/aromatic N) is 2. The van der Waals surface area contributed by atoms with Gasteiger partial charge in [-0.25, -0.2) is 0 Å². The summed E-state index contributed by atoms with van der Waals surface area (Å²) < 4.78 is 13.7. The highest BCUT2D eigenvalue weighted by Crippen LogP contribution is 2.45. The summed E-state index contributed by atoms with van der Waals surface area (Å²) in [5, 5.41) is 1.43. The summed E-state index contributed by atoms with van der Waals surface area (Å²) in [5.41, 5.74) is 4.23. The van der Waals surface area contributed by atoms with Crippen molar-refractivity contribution in [1.29, 1.82) is 0 Å². The Bertz CT molecular complexity index is 1010. The van der Waals surface area contributed by atoms with Gasteiger partial charge in [0.1, 0.15) is 0 Å². The largest absolute Gasteiger partial charge is 0.465 e. The molecular weight excluding hydrogens is 424 g/mol. The van der Waals surface area contributed by atoms with E-state index < -0.39 is 0 Å². The van der Waals surface area contributed by atoms with Crippen LogP contribution < -0.4 is 0 Å². The number of carbonyl (C=O) groups is 1. The van der Waals surface area contributed by atoms with Crippen molar-refractivity contribution >= 4 is 16.9 Å². The Kier molecular flexibility index (Phi) is 7.40. The molecule has 5 rings (SSSR count). The van der Waals surface area contributed by atoms with Crippen molar-refractivity contribution in [2.45, 2.75) is 70.4 Å². The van der Waals surface area contributed by atoms with Gasteiger partial charge in [0, 0.05) is 61.9 Å². The highest BCUT2D eigenvalue weighted by molar-refractivity contribution is 5.89. The van der Waals surface area contributed by atoms with E-state index in [1.165, 1.54) is 22.0 Å². The number of ether oxygens (including phenoxy) is 2. The molecule has 1 aromatic heterocycles. The van der Waals surface area contributed by atoms with Crippen molar-refractivity contribution in [1.82, 2.24) is 9.47 Å². The second kappa shape index (κ2) is 10.7. The Labute approximate surface area is 204 Å². The number of aromatic nitrogens is 1. The molecule has 2 aliphatic heterocycles. The number of hydrogen-bond acceptors (Lipinski definition) is 4. The second-order valence-corrected chi connectivity index (χ2v) is 10.5. The quantitative estimate of drug-likeness (QED) is 0.286. The molecule has 0 N–H and O–H groups in total. The van der Waals surface area contributed by atoms with E-state index in [1.54, 1.807) is 0 Å². The molecule has 2 fully saturated rings. The molecule has 0 spiro atoms. The maximum Gasteiger partial charge on any atom is 0.310 e. The Hall–Kier alpha value is -2.11. The smallest absolute Gasteiger partial charge is 0.310 e. The van der Waals surface area contributed by atoms with Gasteiger partial charge < -0.3 is 14.0 Å². The number of carbonyl (C=O) groups excluding carboxylic acids is 1. The number of hydrogen-bond donors (Lipinski definition) is 0. The number of aryl methyl sites for hydroxylation is 1. The molecule has 1 aromatic carbocycles. The summed E-state index contributed by atoms with van der Waals surface area (Å²) in [5.74, 6) is 1.00. The minimum absolute atomic E-state index is 0.0129. The molecule has 2 saturated heterocycles. The van der Waals surface area contributed by atoms with E-state index in [0.717, 1.165) is 83.7 Å². The van der Waals surface area contributed by atoms with Crippen LogP contribution in [0.3, 0.4) is 0 Å². The van der Waals surface area contributed by atoms with Gasteiger partial charge in [-0.1, -0.05) is 25.1 Å². The average Bonchev–Trinajstić information content (AvgIpc) is 3.21. The lowest BCUT2D eigenvalue weighted by Gasteiger charge is -2.46. The van der Waals surface area contributed by atoms with Crippen LogP contribution >= 0.6 is 0 Å². The van der Waals surface area contributed by atoms with Gasteiger partial charge >= 0.3 is 5.97 Å². The number of benzene rings is 1. The van der Waals surface area contributed by atoms with Crippen molar-refractivity contribution in [3.05, 3.63) is 48.2 Å². The van der Waals surface area contributed by atoms with Gasteiger partial charge in [-0.2, -0.15) is 0 Å². The molecule has 2 aromatic rings. The zero-order chi connectivity index (χ0) is 23.5. The van der Waals surface area contributed by atoms with Crippen LogP contribution in [0.5, 0.6) is 0 Å². The molecule has 0 bridgehead atoms. The fourth-order valence-corrected chi connectivity index (χ4v) is 6.64. The summed E-state index contributed by atoms with van der Waals surface area (Å²) in [6.45, 7) is 11.2. The number of rotatable bonds is 9. The third-order valence-electron chi connectivity index (χ3n) is 8.28. The van der Waals surface area contributed by atoms with Gasteiger partial charge in [-0.15, -0.1) is 6.58 Å². The third-order valence-corrected chi connectivity index (χ3v) is 8.28. The molecule has 0 amide bonds. The van der Waals surface area contributed by atoms with Crippen molar-refractivity contribution < 1.29 is 14.3 Å². The second-order valence-electron chi connectivity index (χ2n) is 10.5.